The first-order valence-electron chi connectivity index (χ1n) is 9.43. The summed E-state index contributed by atoms with van der Waals surface area (Å²) < 4.78 is 4.85. The van der Waals surface area contributed by atoms with Gasteiger partial charge in [-0.25, -0.2) is 4.79 Å². The fourth-order valence-corrected chi connectivity index (χ4v) is 3.73. The Kier molecular flexibility index (Phi) is 5.12. The number of hydrogen-bond donors (Lipinski definition) is 2. The third-order valence-corrected chi connectivity index (χ3v) is 5.22. The van der Waals surface area contributed by atoms with Crippen molar-refractivity contribution in [1.82, 2.24) is 9.88 Å². The number of anilines is 1. The number of amides is 1. The van der Waals surface area contributed by atoms with Gasteiger partial charge in [-0.3, -0.25) is 9.69 Å². The summed E-state index contributed by atoms with van der Waals surface area (Å²) in [4.78, 5) is 30.0. The first-order valence-corrected chi connectivity index (χ1v) is 9.43. The molecule has 0 fully saturated rings. The average Bonchev–Trinajstić information content (AvgIpc) is 3.10. The van der Waals surface area contributed by atoms with E-state index in [0.717, 1.165) is 30.4 Å². The van der Waals surface area contributed by atoms with E-state index < -0.39 is 5.97 Å². The lowest BCUT2D eigenvalue weighted by molar-refractivity contribution is -0.116. The van der Waals surface area contributed by atoms with Crippen LogP contribution in [0.15, 0.2) is 48.5 Å². The number of carbonyl (C=O) groups is 2. The molecule has 2 aromatic carbocycles. The molecule has 0 saturated carbocycles. The smallest absolute Gasteiger partial charge is 0.356 e. The molecule has 1 amide bonds. The number of methoxy groups -OCH3 is 1. The van der Waals surface area contributed by atoms with Gasteiger partial charge in [0.2, 0.25) is 5.91 Å². The van der Waals surface area contributed by atoms with Crippen molar-refractivity contribution in [2.24, 2.45) is 0 Å². The maximum Gasteiger partial charge on any atom is 0.356 e. The highest BCUT2D eigenvalue weighted by atomic mass is 16.5. The number of fused-ring (bicyclic) bond motifs is 2. The number of carbonyl (C=O) groups excluding carboxylic acids is 2. The minimum atomic E-state index is -0.501. The van der Waals surface area contributed by atoms with Crippen molar-refractivity contribution in [3.63, 3.8) is 0 Å². The fraction of sp³-hybridized carbons (Fsp3) is 0.273. The summed E-state index contributed by atoms with van der Waals surface area (Å²) in [5.74, 6) is -0.618. The normalized spacial score (nSPS) is 13.9. The van der Waals surface area contributed by atoms with Crippen molar-refractivity contribution in [3.8, 4) is 0 Å². The Balaban J connectivity index is 1.44. The Morgan fingerprint density at radius 2 is 1.86 bits per heavy atom. The summed E-state index contributed by atoms with van der Waals surface area (Å²) >= 11 is 0. The van der Waals surface area contributed by atoms with E-state index in [4.69, 9.17) is 4.74 Å². The standard InChI is InChI=1S/C22H23N3O3/c1-28-22(27)21-20(17-8-4-5-9-18(17)23-21)24-19(26)11-13-25-12-10-15-6-2-3-7-16(15)14-25/h2-9,23H,10-14H2,1H3,(H,24,26). The largest absolute Gasteiger partial charge is 0.464 e. The predicted octanol–water partition coefficient (Wildman–Crippen LogP) is 3.34. The zero-order valence-corrected chi connectivity index (χ0v) is 15.8. The Labute approximate surface area is 163 Å². The van der Waals surface area contributed by atoms with Gasteiger partial charge in [-0.1, -0.05) is 42.5 Å². The molecule has 0 bridgehead atoms. The molecule has 1 aliphatic heterocycles. The highest BCUT2D eigenvalue weighted by Crippen LogP contribution is 2.28. The van der Waals surface area contributed by atoms with Gasteiger partial charge in [0.05, 0.1) is 12.8 Å². The van der Waals surface area contributed by atoms with Crippen LogP contribution >= 0.6 is 0 Å². The molecule has 6 heteroatoms. The first kappa shape index (κ1) is 18.3. The molecule has 1 aromatic heterocycles. The number of esters is 1. The Bertz CT molecular complexity index is 1020. The molecule has 3 aromatic rings. The number of nitrogens with zero attached hydrogens (tertiary/aromatic N) is 1. The lowest BCUT2D eigenvalue weighted by atomic mass is 10.00. The quantitative estimate of drug-likeness (QED) is 0.669. The first-order chi connectivity index (χ1) is 13.7. The van der Waals surface area contributed by atoms with E-state index in [-0.39, 0.29) is 11.6 Å². The Hall–Kier alpha value is -3.12. The van der Waals surface area contributed by atoms with Crippen molar-refractivity contribution >= 4 is 28.5 Å². The van der Waals surface area contributed by atoms with Gasteiger partial charge in [-0.2, -0.15) is 0 Å². The summed E-state index contributed by atoms with van der Waals surface area (Å²) in [6.07, 6.45) is 1.37. The van der Waals surface area contributed by atoms with E-state index >= 15 is 0 Å². The van der Waals surface area contributed by atoms with Gasteiger partial charge in [0.1, 0.15) is 5.69 Å². The molecule has 6 nitrogen and oxygen atoms in total. The highest BCUT2D eigenvalue weighted by molar-refractivity contribution is 6.10. The Morgan fingerprint density at radius 3 is 2.68 bits per heavy atom. The minimum absolute atomic E-state index is 0.117. The summed E-state index contributed by atoms with van der Waals surface area (Å²) in [5.41, 5.74) is 4.26. The second kappa shape index (κ2) is 7.86. The molecule has 0 atom stereocenters. The van der Waals surface area contributed by atoms with E-state index in [1.807, 2.05) is 24.3 Å². The van der Waals surface area contributed by atoms with Crippen LogP contribution in [-0.2, 0) is 22.5 Å². The van der Waals surface area contributed by atoms with E-state index in [1.165, 1.54) is 18.2 Å². The van der Waals surface area contributed by atoms with Crippen molar-refractivity contribution in [1.29, 1.82) is 0 Å². The minimum Gasteiger partial charge on any atom is -0.464 e. The summed E-state index contributed by atoms with van der Waals surface area (Å²) in [5, 5.41) is 3.70. The van der Waals surface area contributed by atoms with E-state index in [1.54, 1.807) is 0 Å². The van der Waals surface area contributed by atoms with Crippen LogP contribution in [0.1, 0.15) is 28.0 Å². The maximum absolute atomic E-state index is 12.6. The second-order valence-corrected chi connectivity index (χ2v) is 7.01. The summed E-state index contributed by atoms with van der Waals surface area (Å²) in [7, 11) is 1.33. The van der Waals surface area contributed by atoms with Gasteiger partial charge in [-0.05, 0) is 23.6 Å². The van der Waals surface area contributed by atoms with Crippen LogP contribution in [0.2, 0.25) is 0 Å². The number of nitrogens with one attached hydrogen (secondary N) is 2. The highest BCUT2D eigenvalue weighted by Gasteiger charge is 2.21. The van der Waals surface area contributed by atoms with Crippen LogP contribution in [0, 0.1) is 0 Å². The zero-order valence-electron chi connectivity index (χ0n) is 15.8. The lowest BCUT2D eigenvalue weighted by Crippen LogP contribution is -2.33. The monoisotopic (exact) mass is 377 g/mol. The molecule has 2 N–H and O–H groups in total. The van der Waals surface area contributed by atoms with Crippen molar-refractivity contribution in [2.75, 3.05) is 25.5 Å². The van der Waals surface area contributed by atoms with Crippen LogP contribution in [0.4, 0.5) is 5.69 Å². The van der Waals surface area contributed by atoms with Gasteiger partial charge >= 0.3 is 5.97 Å². The average molecular weight is 377 g/mol. The predicted molar refractivity (Wildman–Crippen MR) is 108 cm³/mol. The van der Waals surface area contributed by atoms with Gasteiger partial charge in [0.15, 0.2) is 0 Å². The number of benzene rings is 2. The summed E-state index contributed by atoms with van der Waals surface area (Å²) in [6, 6.07) is 15.9. The molecule has 28 heavy (non-hydrogen) atoms. The molecule has 0 saturated heterocycles. The second-order valence-electron chi connectivity index (χ2n) is 7.01. The zero-order chi connectivity index (χ0) is 19.5. The van der Waals surface area contributed by atoms with Crippen molar-refractivity contribution < 1.29 is 14.3 Å². The molecule has 144 valence electrons. The third-order valence-electron chi connectivity index (χ3n) is 5.22. The molecule has 0 spiro atoms. The van der Waals surface area contributed by atoms with Crippen molar-refractivity contribution in [2.45, 2.75) is 19.4 Å². The van der Waals surface area contributed by atoms with Crippen LogP contribution in [-0.4, -0.2) is 42.0 Å². The van der Waals surface area contributed by atoms with Gasteiger partial charge < -0.3 is 15.0 Å². The molecular weight excluding hydrogens is 354 g/mol. The van der Waals surface area contributed by atoms with Gasteiger partial charge in [0.25, 0.3) is 0 Å². The number of ether oxygens (including phenoxy) is 1. The van der Waals surface area contributed by atoms with Gasteiger partial charge in [-0.15, -0.1) is 0 Å². The number of rotatable bonds is 5. The van der Waals surface area contributed by atoms with Crippen LogP contribution in [0.25, 0.3) is 10.9 Å². The third kappa shape index (κ3) is 3.64. The van der Waals surface area contributed by atoms with E-state index in [2.05, 4.69) is 39.5 Å². The lowest BCUT2D eigenvalue weighted by Gasteiger charge is -2.28. The van der Waals surface area contributed by atoms with Crippen LogP contribution < -0.4 is 5.32 Å². The van der Waals surface area contributed by atoms with Gasteiger partial charge in [0, 0.05) is 37.0 Å². The van der Waals surface area contributed by atoms with E-state index in [9.17, 15) is 9.59 Å². The SMILES string of the molecule is COC(=O)c1[nH]c2ccccc2c1NC(=O)CCN1CCc2ccccc2C1. The van der Waals surface area contributed by atoms with Crippen LogP contribution in [0.3, 0.4) is 0 Å². The Morgan fingerprint density at radius 1 is 1.11 bits per heavy atom. The number of aromatic amines is 1. The van der Waals surface area contributed by atoms with Crippen molar-refractivity contribution in [3.05, 3.63) is 65.4 Å². The number of para-hydroxylation sites is 1. The number of H-pyrrole nitrogens is 1. The molecule has 4 rings (SSSR count). The van der Waals surface area contributed by atoms with E-state index in [0.29, 0.717) is 18.7 Å². The molecule has 2 heterocycles. The maximum atomic E-state index is 12.6. The topological polar surface area (TPSA) is 74.4 Å². The van der Waals surface area contributed by atoms with Crippen LogP contribution in [0.5, 0.6) is 0 Å². The molecule has 0 unspecified atom stereocenters. The molecule has 1 aliphatic rings. The fourth-order valence-electron chi connectivity index (χ4n) is 3.73. The molecular formula is C22H23N3O3. The summed E-state index contributed by atoms with van der Waals surface area (Å²) in [6.45, 7) is 2.49. The number of hydrogen-bond acceptors (Lipinski definition) is 4. The number of aromatic nitrogens is 1. The molecule has 0 radical (unpaired) electrons. The molecule has 0 aliphatic carbocycles.